The predicted molar refractivity (Wildman–Crippen MR) is 110 cm³/mol. The van der Waals surface area contributed by atoms with Crippen molar-refractivity contribution in [2.45, 2.75) is 31.8 Å². The van der Waals surface area contributed by atoms with Crippen molar-refractivity contribution in [2.75, 3.05) is 16.9 Å². The Bertz CT molecular complexity index is 985. The molecule has 3 rings (SSSR count). The molecule has 3 aromatic rings. The average Bonchev–Trinajstić information content (AvgIpc) is 3.02. The lowest BCUT2D eigenvalue weighted by molar-refractivity contribution is -0.113. The van der Waals surface area contributed by atoms with Crippen molar-refractivity contribution in [1.82, 2.24) is 14.9 Å². The first kappa shape index (κ1) is 19.9. The van der Waals surface area contributed by atoms with Gasteiger partial charge < -0.3 is 11.2 Å². The molecule has 2 aromatic carbocycles. The standard InChI is InChI=1S/C20H22FN5OS/c1-12(2)16-6-4-5-13(3)18(16)23-17(27)11-28-20-25-24-19(26(20)22)14-7-9-15(21)10-8-14/h4-10,12H,11,22H2,1-3H3,(H,23,27). The molecule has 0 bridgehead atoms. The van der Waals surface area contributed by atoms with Crippen LogP contribution in [0.5, 0.6) is 0 Å². The van der Waals surface area contributed by atoms with Crippen LogP contribution in [0.25, 0.3) is 11.4 Å². The SMILES string of the molecule is Cc1cccc(C(C)C)c1NC(=O)CSc1nnc(-c2ccc(F)cc2)n1N. The summed E-state index contributed by atoms with van der Waals surface area (Å²) in [7, 11) is 0. The van der Waals surface area contributed by atoms with Crippen LogP contribution >= 0.6 is 11.8 Å². The van der Waals surface area contributed by atoms with Gasteiger partial charge in [-0.15, -0.1) is 10.2 Å². The van der Waals surface area contributed by atoms with Crippen LogP contribution in [0.15, 0.2) is 47.6 Å². The minimum Gasteiger partial charge on any atom is -0.335 e. The van der Waals surface area contributed by atoms with Gasteiger partial charge in [0.1, 0.15) is 5.82 Å². The Morgan fingerprint density at radius 2 is 1.93 bits per heavy atom. The molecule has 3 N–H and O–H groups in total. The summed E-state index contributed by atoms with van der Waals surface area (Å²) in [6.07, 6.45) is 0. The molecule has 8 heteroatoms. The summed E-state index contributed by atoms with van der Waals surface area (Å²) < 4.78 is 14.4. The number of thioether (sulfide) groups is 1. The van der Waals surface area contributed by atoms with E-state index in [9.17, 15) is 9.18 Å². The van der Waals surface area contributed by atoms with Crippen LogP contribution in [0, 0.1) is 12.7 Å². The summed E-state index contributed by atoms with van der Waals surface area (Å²) in [5.74, 6) is 6.41. The summed E-state index contributed by atoms with van der Waals surface area (Å²) in [6, 6.07) is 11.8. The number of nitrogen functional groups attached to an aromatic ring is 1. The van der Waals surface area contributed by atoms with Crippen LogP contribution < -0.4 is 11.2 Å². The lowest BCUT2D eigenvalue weighted by Gasteiger charge is -2.16. The molecule has 1 amide bonds. The molecular formula is C20H22FN5OS. The Morgan fingerprint density at radius 1 is 1.21 bits per heavy atom. The number of carbonyl (C=O) groups excluding carboxylic acids is 1. The third-order valence-corrected chi connectivity index (χ3v) is 5.23. The van der Waals surface area contributed by atoms with E-state index in [4.69, 9.17) is 5.84 Å². The molecule has 28 heavy (non-hydrogen) atoms. The molecule has 1 heterocycles. The minimum atomic E-state index is -0.338. The molecule has 0 fully saturated rings. The van der Waals surface area contributed by atoms with E-state index in [0.717, 1.165) is 16.8 Å². The Balaban J connectivity index is 1.69. The first-order chi connectivity index (χ1) is 13.4. The van der Waals surface area contributed by atoms with Crippen LogP contribution in [-0.4, -0.2) is 26.5 Å². The number of nitrogens with two attached hydrogens (primary N) is 1. The van der Waals surface area contributed by atoms with Gasteiger partial charge in [-0.25, -0.2) is 9.07 Å². The highest BCUT2D eigenvalue weighted by Crippen LogP contribution is 2.28. The number of halogens is 1. The molecule has 0 atom stereocenters. The molecular weight excluding hydrogens is 377 g/mol. The minimum absolute atomic E-state index is 0.143. The largest absolute Gasteiger partial charge is 0.335 e. The topological polar surface area (TPSA) is 85.8 Å². The summed E-state index contributed by atoms with van der Waals surface area (Å²) in [5, 5.41) is 11.5. The van der Waals surface area contributed by atoms with Crippen LogP contribution in [0.4, 0.5) is 10.1 Å². The smallest absolute Gasteiger partial charge is 0.234 e. The Labute approximate surface area is 167 Å². The number of hydrogen-bond acceptors (Lipinski definition) is 5. The Hall–Kier alpha value is -2.87. The maximum atomic E-state index is 13.1. The second-order valence-electron chi connectivity index (χ2n) is 6.71. The number of hydrogen-bond donors (Lipinski definition) is 2. The fourth-order valence-electron chi connectivity index (χ4n) is 2.82. The van der Waals surface area contributed by atoms with Gasteiger partial charge in [0.05, 0.1) is 5.75 Å². The number of aromatic nitrogens is 3. The Morgan fingerprint density at radius 3 is 2.61 bits per heavy atom. The van der Waals surface area contributed by atoms with E-state index < -0.39 is 0 Å². The van der Waals surface area contributed by atoms with Crippen molar-refractivity contribution < 1.29 is 9.18 Å². The quantitative estimate of drug-likeness (QED) is 0.484. The number of nitrogens with zero attached hydrogens (tertiary/aromatic N) is 3. The van der Waals surface area contributed by atoms with E-state index in [0.29, 0.717) is 22.5 Å². The maximum Gasteiger partial charge on any atom is 0.234 e. The van der Waals surface area contributed by atoms with Crippen LogP contribution in [0.3, 0.4) is 0 Å². The van der Waals surface area contributed by atoms with Gasteiger partial charge in [0.2, 0.25) is 11.1 Å². The van der Waals surface area contributed by atoms with Gasteiger partial charge in [-0.1, -0.05) is 43.8 Å². The number of para-hydroxylation sites is 1. The lowest BCUT2D eigenvalue weighted by Crippen LogP contribution is -2.18. The highest BCUT2D eigenvalue weighted by atomic mass is 32.2. The molecule has 0 aliphatic heterocycles. The van der Waals surface area contributed by atoms with Gasteiger partial charge in [0.25, 0.3) is 0 Å². The fourth-order valence-corrected chi connectivity index (χ4v) is 3.48. The third kappa shape index (κ3) is 4.33. The van der Waals surface area contributed by atoms with E-state index in [2.05, 4.69) is 29.4 Å². The van der Waals surface area contributed by atoms with E-state index in [1.54, 1.807) is 12.1 Å². The van der Waals surface area contributed by atoms with E-state index in [-0.39, 0.29) is 17.5 Å². The van der Waals surface area contributed by atoms with Gasteiger partial charge in [0, 0.05) is 11.3 Å². The molecule has 0 saturated heterocycles. The van der Waals surface area contributed by atoms with Gasteiger partial charge >= 0.3 is 0 Å². The number of aryl methyl sites for hydroxylation is 1. The molecule has 1 aromatic heterocycles. The summed E-state index contributed by atoms with van der Waals surface area (Å²) in [6.45, 7) is 6.15. The van der Waals surface area contributed by atoms with Crippen LogP contribution in [0.1, 0.15) is 30.9 Å². The molecule has 0 aliphatic rings. The van der Waals surface area contributed by atoms with Gasteiger partial charge in [0.15, 0.2) is 5.82 Å². The zero-order valence-corrected chi connectivity index (χ0v) is 16.8. The molecule has 6 nitrogen and oxygen atoms in total. The van der Waals surface area contributed by atoms with Crippen LogP contribution in [-0.2, 0) is 4.79 Å². The van der Waals surface area contributed by atoms with Gasteiger partial charge in [-0.05, 0) is 48.2 Å². The van der Waals surface area contributed by atoms with Gasteiger partial charge in [-0.3, -0.25) is 4.79 Å². The van der Waals surface area contributed by atoms with E-state index >= 15 is 0 Å². The summed E-state index contributed by atoms with van der Waals surface area (Å²) in [5.41, 5.74) is 3.61. The second-order valence-corrected chi connectivity index (χ2v) is 7.66. The van der Waals surface area contributed by atoms with E-state index in [1.807, 2.05) is 25.1 Å². The average molecular weight is 399 g/mol. The molecule has 0 radical (unpaired) electrons. The highest BCUT2D eigenvalue weighted by molar-refractivity contribution is 7.99. The first-order valence-electron chi connectivity index (χ1n) is 8.85. The Kier molecular flexibility index (Phi) is 5.99. The zero-order chi connectivity index (χ0) is 20.3. The molecule has 146 valence electrons. The molecule has 0 saturated carbocycles. The van der Waals surface area contributed by atoms with Crippen molar-refractivity contribution in [1.29, 1.82) is 0 Å². The number of anilines is 1. The summed E-state index contributed by atoms with van der Waals surface area (Å²) in [4.78, 5) is 12.5. The number of nitrogens with one attached hydrogen (secondary N) is 1. The second kappa shape index (κ2) is 8.43. The van der Waals surface area contributed by atoms with E-state index in [1.165, 1.54) is 28.6 Å². The molecule has 0 spiro atoms. The van der Waals surface area contributed by atoms with Crippen molar-refractivity contribution in [3.05, 3.63) is 59.4 Å². The van der Waals surface area contributed by atoms with Crippen LogP contribution in [0.2, 0.25) is 0 Å². The molecule has 0 unspecified atom stereocenters. The van der Waals surface area contributed by atoms with Gasteiger partial charge in [-0.2, -0.15) is 0 Å². The number of rotatable bonds is 6. The molecule has 0 aliphatic carbocycles. The normalized spacial score (nSPS) is 11.0. The summed E-state index contributed by atoms with van der Waals surface area (Å²) >= 11 is 1.19. The van der Waals surface area contributed by atoms with Crippen molar-refractivity contribution >= 4 is 23.4 Å². The lowest BCUT2D eigenvalue weighted by atomic mass is 9.98. The van der Waals surface area contributed by atoms with Crippen molar-refractivity contribution in [3.8, 4) is 11.4 Å². The predicted octanol–water partition coefficient (Wildman–Crippen LogP) is 3.96. The third-order valence-electron chi connectivity index (χ3n) is 4.29. The monoisotopic (exact) mass is 399 g/mol. The number of amides is 1. The highest BCUT2D eigenvalue weighted by Gasteiger charge is 2.16. The zero-order valence-electron chi connectivity index (χ0n) is 15.9. The number of carbonyl (C=O) groups is 1. The first-order valence-corrected chi connectivity index (χ1v) is 9.84. The fraction of sp³-hybridized carbons (Fsp3) is 0.250. The van der Waals surface area contributed by atoms with Crippen molar-refractivity contribution in [2.24, 2.45) is 0 Å². The van der Waals surface area contributed by atoms with Crippen molar-refractivity contribution in [3.63, 3.8) is 0 Å². The number of benzene rings is 2. The maximum absolute atomic E-state index is 13.1.